The molecule has 6 nitrogen and oxygen atoms in total. The number of morpholine rings is 1. The van der Waals surface area contributed by atoms with E-state index in [-0.39, 0.29) is 18.2 Å². The summed E-state index contributed by atoms with van der Waals surface area (Å²) < 4.78 is 30.1. The van der Waals surface area contributed by atoms with Crippen LogP contribution in [0.15, 0.2) is 0 Å². The minimum Gasteiger partial charge on any atom is -0.379 e. The largest absolute Gasteiger partial charge is 0.379 e. The highest BCUT2D eigenvalue weighted by atomic mass is 35.5. The van der Waals surface area contributed by atoms with Gasteiger partial charge in [-0.1, -0.05) is 0 Å². The van der Waals surface area contributed by atoms with Crippen LogP contribution < -0.4 is 5.32 Å². The molecule has 0 aliphatic carbocycles. The molecule has 1 saturated heterocycles. The van der Waals surface area contributed by atoms with Crippen LogP contribution in [-0.4, -0.2) is 62.6 Å². The summed E-state index contributed by atoms with van der Waals surface area (Å²) >= 11 is 5.54. The fourth-order valence-electron chi connectivity index (χ4n) is 1.40. The highest BCUT2D eigenvalue weighted by molar-refractivity contribution is 7.89. The summed E-state index contributed by atoms with van der Waals surface area (Å²) in [6.07, 6.45) is 0. The van der Waals surface area contributed by atoms with Crippen LogP contribution in [0.1, 0.15) is 6.92 Å². The number of nitrogens with one attached hydrogen (secondary N) is 1. The van der Waals surface area contributed by atoms with Crippen molar-refractivity contribution in [2.24, 2.45) is 0 Å². The Morgan fingerprint density at radius 1 is 1.47 bits per heavy atom. The van der Waals surface area contributed by atoms with Crippen LogP contribution in [0.2, 0.25) is 0 Å². The summed E-state index contributed by atoms with van der Waals surface area (Å²) in [6.45, 7) is 3.21. The lowest BCUT2D eigenvalue weighted by Gasteiger charge is -2.26. The number of nitrogens with zero attached hydrogens (tertiary/aromatic N) is 1. The van der Waals surface area contributed by atoms with Gasteiger partial charge < -0.3 is 10.1 Å². The van der Waals surface area contributed by atoms with E-state index >= 15 is 0 Å². The molecule has 0 saturated carbocycles. The number of ether oxygens (including phenoxy) is 1. The van der Waals surface area contributed by atoms with Crippen LogP contribution in [0.4, 0.5) is 0 Å². The van der Waals surface area contributed by atoms with E-state index in [2.05, 4.69) is 5.32 Å². The Morgan fingerprint density at radius 2 is 2.06 bits per heavy atom. The maximum Gasteiger partial charge on any atom is 0.237 e. The molecule has 17 heavy (non-hydrogen) atoms. The van der Waals surface area contributed by atoms with E-state index in [0.29, 0.717) is 26.3 Å². The van der Waals surface area contributed by atoms with Crippen LogP contribution in [-0.2, 0) is 19.6 Å². The summed E-state index contributed by atoms with van der Waals surface area (Å²) in [6, 6.07) is 0. The highest BCUT2D eigenvalue weighted by Crippen LogP contribution is 2.05. The molecule has 0 spiro atoms. The molecular weight excluding hydrogens is 268 g/mol. The second-order valence-corrected chi connectivity index (χ2v) is 6.48. The summed E-state index contributed by atoms with van der Waals surface area (Å²) in [5.41, 5.74) is 0. The number of hydrogen-bond acceptors (Lipinski definition) is 4. The zero-order chi connectivity index (χ0) is 12.9. The molecule has 1 heterocycles. The van der Waals surface area contributed by atoms with Gasteiger partial charge in [0.25, 0.3) is 0 Å². The van der Waals surface area contributed by atoms with E-state index in [1.807, 2.05) is 0 Å². The minimum absolute atomic E-state index is 0.0790. The molecule has 1 N–H and O–H groups in total. The number of carbonyl (C=O) groups is 1. The fraction of sp³-hybridized carbons (Fsp3) is 0.889. The zero-order valence-corrected chi connectivity index (χ0v) is 11.3. The predicted octanol–water partition coefficient (Wildman–Crippen LogP) is -0.608. The maximum atomic E-state index is 11.8. The third-order valence-corrected chi connectivity index (χ3v) is 4.45. The number of halogens is 1. The monoisotopic (exact) mass is 284 g/mol. The topological polar surface area (TPSA) is 75.7 Å². The number of amides is 1. The van der Waals surface area contributed by atoms with Gasteiger partial charge in [-0.05, 0) is 6.92 Å². The number of carbonyl (C=O) groups excluding carboxylic acids is 1. The van der Waals surface area contributed by atoms with Crippen molar-refractivity contribution < 1.29 is 17.9 Å². The predicted molar refractivity (Wildman–Crippen MR) is 64.5 cm³/mol. The first-order chi connectivity index (χ1) is 7.93. The van der Waals surface area contributed by atoms with Crippen molar-refractivity contribution in [3.8, 4) is 0 Å². The lowest BCUT2D eigenvalue weighted by atomic mass is 10.4. The third kappa shape index (κ3) is 4.79. The summed E-state index contributed by atoms with van der Waals surface area (Å²) in [5.74, 6) is -0.466. The number of alkyl halides is 1. The molecule has 1 amide bonds. The van der Waals surface area contributed by atoms with Crippen molar-refractivity contribution >= 4 is 27.5 Å². The minimum atomic E-state index is -3.31. The Labute approximate surface area is 106 Å². The Kier molecular flexibility index (Phi) is 5.64. The number of sulfonamides is 1. The molecule has 0 radical (unpaired) electrons. The Balaban J connectivity index is 2.36. The van der Waals surface area contributed by atoms with Gasteiger partial charge in [0.05, 0.1) is 19.0 Å². The summed E-state index contributed by atoms with van der Waals surface area (Å²) in [4.78, 5) is 11.1. The van der Waals surface area contributed by atoms with Crippen molar-refractivity contribution in [2.45, 2.75) is 12.3 Å². The average molecular weight is 285 g/mol. The zero-order valence-electron chi connectivity index (χ0n) is 9.69. The molecule has 1 unspecified atom stereocenters. The second kappa shape index (κ2) is 6.53. The molecule has 1 rings (SSSR count). The first-order valence-electron chi connectivity index (χ1n) is 5.41. The van der Waals surface area contributed by atoms with E-state index in [4.69, 9.17) is 16.3 Å². The maximum absolute atomic E-state index is 11.8. The van der Waals surface area contributed by atoms with E-state index in [0.717, 1.165) is 0 Å². The molecule has 0 aromatic carbocycles. The fourth-order valence-corrected chi connectivity index (χ4v) is 2.80. The highest BCUT2D eigenvalue weighted by Gasteiger charge is 2.24. The second-order valence-electron chi connectivity index (χ2n) is 3.73. The van der Waals surface area contributed by atoms with Gasteiger partial charge in [-0.2, -0.15) is 4.31 Å². The van der Waals surface area contributed by atoms with Gasteiger partial charge >= 0.3 is 0 Å². The summed E-state index contributed by atoms with van der Waals surface area (Å²) in [5, 5.41) is 1.82. The lowest BCUT2D eigenvalue weighted by molar-refractivity contribution is -0.120. The molecule has 100 valence electrons. The van der Waals surface area contributed by atoms with E-state index < -0.39 is 15.4 Å². The van der Waals surface area contributed by atoms with Crippen molar-refractivity contribution in [2.75, 3.05) is 38.6 Å². The molecule has 8 heteroatoms. The van der Waals surface area contributed by atoms with E-state index in [9.17, 15) is 13.2 Å². The van der Waals surface area contributed by atoms with E-state index in [1.165, 1.54) is 11.2 Å². The average Bonchev–Trinajstić information content (AvgIpc) is 2.29. The molecule has 0 bridgehead atoms. The Bertz CT molecular complexity index is 352. The lowest BCUT2D eigenvalue weighted by Crippen LogP contribution is -2.44. The molecule has 0 aromatic rings. The van der Waals surface area contributed by atoms with Crippen molar-refractivity contribution in [3.63, 3.8) is 0 Å². The quantitative estimate of drug-likeness (QED) is 0.684. The van der Waals surface area contributed by atoms with Gasteiger partial charge in [-0.15, -0.1) is 11.6 Å². The van der Waals surface area contributed by atoms with Crippen LogP contribution in [0.5, 0.6) is 0 Å². The van der Waals surface area contributed by atoms with Crippen molar-refractivity contribution in [3.05, 3.63) is 0 Å². The number of hydrogen-bond donors (Lipinski definition) is 1. The van der Waals surface area contributed by atoms with Crippen LogP contribution >= 0.6 is 11.6 Å². The first-order valence-corrected chi connectivity index (χ1v) is 7.45. The molecule has 1 aliphatic heterocycles. The SMILES string of the molecule is CC(Cl)C(=O)NCCS(=O)(=O)N1CCOCC1. The molecule has 0 aromatic heterocycles. The van der Waals surface area contributed by atoms with Crippen LogP contribution in [0.3, 0.4) is 0 Å². The number of rotatable bonds is 5. The van der Waals surface area contributed by atoms with E-state index in [1.54, 1.807) is 0 Å². The standard InChI is InChI=1S/C9H17ClN2O4S/c1-8(10)9(13)11-2-7-17(14,15)12-3-5-16-6-4-12/h8H,2-7H2,1H3,(H,11,13). The third-order valence-electron chi connectivity index (χ3n) is 2.38. The van der Waals surface area contributed by atoms with Gasteiger partial charge in [0.1, 0.15) is 5.38 Å². The molecule has 1 atom stereocenters. The van der Waals surface area contributed by atoms with Crippen molar-refractivity contribution in [1.82, 2.24) is 9.62 Å². The van der Waals surface area contributed by atoms with Gasteiger partial charge in [0, 0.05) is 19.6 Å². The van der Waals surface area contributed by atoms with Crippen molar-refractivity contribution in [1.29, 1.82) is 0 Å². The van der Waals surface area contributed by atoms with Gasteiger partial charge in [-0.3, -0.25) is 4.79 Å². The molecule has 1 aliphatic rings. The normalized spacial score (nSPS) is 19.9. The van der Waals surface area contributed by atoms with Crippen LogP contribution in [0, 0.1) is 0 Å². The first kappa shape index (κ1) is 14.7. The Hall–Kier alpha value is -0.370. The van der Waals surface area contributed by atoms with Crippen LogP contribution in [0.25, 0.3) is 0 Å². The van der Waals surface area contributed by atoms with Gasteiger partial charge in [-0.25, -0.2) is 8.42 Å². The van der Waals surface area contributed by atoms with Gasteiger partial charge in [0.15, 0.2) is 0 Å². The Morgan fingerprint density at radius 3 is 2.59 bits per heavy atom. The smallest absolute Gasteiger partial charge is 0.237 e. The molecular formula is C9H17ClN2O4S. The van der Waals surface area contributed by atoms with Gasteiger partial charge in [0.2, 0.25) is 15.9 Å². The molecule has 1 fully saturated rings. The summed E-state index contributed by atoms with van der Waals surface area (Å²) in [7, 11) is -3.31.